The fourth-order valence-electron chi connectivity index (χ4n) is 1.77. The van der Waals surface area contributed by atoms with Gasteiger partial charge in [-0.2, -0.15) is 0 Å². The molecule has 0 amide bonds. The van der Waals surface area contributed by atoms with Gasteiger partial charge >= 0.3 is 0 Å². The number of allylic oxidation sites excluding steroid dienone is 2. The third-order valence-electron chi connectivity index (χ3n) is 2.66. The fourth-order valence-corrected chi connectivity index (χ4v) is 1.77. The summed E-state index contributed by atoms with van der Waals surface area (Å²) in [4.78, 5) is 0. The summed E-state index contributed by atoms with van der Waals surface area (Å²) in [6.07, 6.45) is 7.20. The molecule has 1 aliphatic rings. The normalized spacial score (nSPS) is 18.8. The molecule has 0 bridgehead atoms. The van der Waals surface area contributed by atoms with Crippen LogP contribution < -0.4 is 0 Å². The molecule has 0 radical (unpaired) electrons. The first kappa shape index (κ1) is 11.8. The number of benzene rings is 1. The lowest BCUT2D eigenvalue weighted by Crippen LogP contribution is -2.03. The molecular formula is C14H14F2O. The number of hydrogen-bond donors (Lipinski definition) is 0. The van der Waals surface area contributed by atoms with Gasteiger partial charge in [0, 0.05) is 0 Å². The van der Waals surface area contributed by atoms with Crippen LogP contribution in [0.3, 0.4) is 0 Å². The van der Waals surface area contributed by atoms with E-state index in [-0.39, 0.29) is 6.10 Å². The molecule has 1 unspecified atom stereocenters. The summed E-state index contributed by atoms with van der Waals surface area (Å²) in [7, 11) is 0. The molecule has 1 aromatic carbocycles. The van der Waals surface area contributed by atoms with Gasteiger partial charge in [0.15, 0.2) is 11.6 Å². The largest absolute Gasteiger partial charge is 0.489 e. The maximum absolute atomic E-state index is 13.1. The first-order chi connectivity index (χ1) is 8.20. The highest BCUT2D eigenvalue weighted by atomic mass is 19.2. The van der Waals surface area contributed by atoms with E-state index in [1.54, 1.807) is 6.26 Å². The van der Waals surface area contributed by atoms with Crippen LogP contribution in [0.5, 0.6) is 0 Å². The van der Waals surface area contributed by atoms with Gasteiger partial charge in [0.25, 0.3) is 0 Å². The minimum absolute atomic E-state index is 0.328. The number of rotatable bonds is 3. The SMILES string of the molecule is CCCC1=COC(c2ccc(F)c(F)c2)C=C1. The second-order valence-electron chi connectivity index (χ2n) is 4.03. The van der Waals surface area contributed by atoms with E-state index in [1.165, 1.54) is 12.1 Å². The highest BCUT2D eigenvalue weighted by molar-refractivity contribution is 5.29. The Morgan fingerprint density at radius 2 is 2.06 bits per heavy atom. The average molecular weight is 236 g/mol. The van der Waals surface area contributed by atoms with Crippen LogP contribution in [0.15, 0.2) is 42.2 Å². The molecule has 1 aliphatic heterocycles. The van der Waals surface area contributed by atoms with Gasteiger partial charge in [-0.05, 0) is 35.8 Å². The second-order valence-corrected chi connectivity index (χ2v) is 4.03. The van der Waals surface area contributed by atoms with E-state index in [9.17, 15) is 8.78 Å². The van der Waals surface area contributed by atoms with E-state index in [0.717, 1.165) is 24.5 Å². The van der Waals surface area contributed by atoms with Crippen molar-refractivity contribution < 1.29 is 13.5 Å². The Morgan fingerprint density at radius 3 is 2.65 bits per heavy atom. The van der Waals surface area contributed by atoms with Gasteiger partial charge in [-0.25, -0.2) is 8.78 Å². The summed E-state index contributed by atoms with van der Waals surface area (Å²) >= 11 is 0. The van der Waals surface area contributed by atoms with Crippen molar-refractivity contribution in [2.45, 2.75) is 25.9 Å². The van der Waals surface area contributed by atoms with Crippen molar-refractivity contribution in [1.29, 1.82) is 0 Å². The first-order valence-electron chi connectivity index (χ1n) is 5.68. The third kappa shape index (κ3) is 2.73. The summed E-state index contributed by atoms with van der Waals surface area (Å²) in [6.45, 7) is 2.09. The van der Waals surface area contributed by atoms with E-state index in [1.807, 2.05) is 12.2 Å². The van der Waals surface area contributed by atoms with Gasteiger partial charge in [-0.3, -0.25) is 0 Å². The van der Waals surface area contributed by atoms with Gasteiger partial charge in [0.05, 0.1) is 6.26 Å². The van der Waals surface area contributed by atoms with Crippen molar-refractivity contribution >= 4 is 0 Å². The quantitative estimate of drug-likeness (QED) is 0.761. The van der Waals surface area contributed by atoms with E-state index >= 15 is 0 Å². The maximum atomic E-state index is 13.1. The molecule has 1 heterocycles. The Hall–Kier alpha value is -1.64. The van der Waals surface area contributed by atoms with Gasteiger partial charge < -0.3 is 4.74 Å². The van der Waals surface area contributed by atoms with Crippen LogP contribution in [0.25, 0.3) is 0 Å². The Morgan fingerprint density at radius 1 is 1.24 bits per heavy atom. The summed E-state index contributed by atoms with van der Waals surface area (Å²) in [5, 5.41) is 0. The molecule has 3 heteroatoms. The van der Waals surface area contributed by atoms with Crippen LogP contribution in [0.2, 0.25) is 0 Å². The summed E-state index contributed by atoms with van der Waals surface area (Å²) in [6, 6.07) is 3.82. The van der Waals surface area contributed by atoms with E-state index in [2.05, 4.69) is 6.92 Å². The van der Waals surface area contributed by atoms with Crippen molar-refractivity contribution in [3.8, 4) is 0 Å². The topological polar surface area (TPSA) is 9.23 Å². The standard InChI is InChI=1S/C14H14F2O/c1-2-3-10-4-7-14(17-9-10)11-5-6-12(15)13(16)8-11/h4-9,14H,2-3H2,1H3. The van der Waals surface area contributed by atoms with Crippen molar-refractivity contribution in [3.05, 3.63) is 59.4 Å². The minimum atomic E-state index is -0.845. The minimum Gasteiger partial charge on any atom is -0.489 e. The molecule has 1 nitrogen and oxygen atoms in total. The van der Waals surface area contributed by atoms with E-state index in [0.29, 0.717) is 5.56 Å². The van der Waals surface area contributed by atoms with Crippen LogP contribution in [-0.4, -0.2) is 0 Å². The van der Waals surface area contributed by atoms with Crippen LogP contribution in [0.1, 0.15) is 31.4 Å². The first-order valence-corrected chi connectivity index (χ1v) is 5.68. The predicted molar refractivity (Wildman–Crippen MR) is 62.3 cm³/mol. The molecule has 90 valence electrons. The van der Waals surface area contributed by atoms with Crippen LogP contribution in [0, 0.1) is 11.6 Å². The Kier molecular flexibility index (Phi) is 3.57. The second kappa shape index (κ2) is 5.13. The highest BCUT2D eigenvalue weighted by Crippen LogP contribution is 2.26. The van der Waals surface area contributed by atoms with Crippen molar-refractivity contribution in [3.63, 3.8) is 0 Å². The third-order valence-corrected chi connectivity index (χ3v) is 2.66. The van der Waals surface area contributed by atoms with Crippen molar-refractivity contribution in [2.24, 2.45) is 0 Å². The number of ether oxygens (including phenoxy) is 1. The fraction of sp³-hybridized carbons (Fsp3) is 0.286. The molecule has 0 fully saturated rings. The van der Waals surface area contributed by atoms with Crippen molar-refractivity contribution in [2.75, 3.05) is 0 Å². The number of hydrogen-bond acceptors (Lipinski definition) is 1. The lowest BCUT2D eigenvalue weighted by Gasteiger charge is -2.18. The molecule has 0 spiro atoms. The summed E-state index contributed by atoms with van der Waals surface area (Å²) in [5.74, 6) is -1.68. The molecule has 2 rings (SSSR count). The molecule has 0 saturated heterocycles. The molecule has 0 aromatic heterocycles. The highest BCUT2D eigenvalue weighted by Gasteiger charge is 2.14. The van der Waals surface area contributed by atoms with E-state index in [4.69, 9.17) is 4.74 Å². The van der Waals surface area contributed by atoms with Gasteiger partial charge in [-0.1, -0.05) is 25.5 Å². The van der Waals surface area contributed by atoms with Crippen LogP contribution in [0.4, 0.5) is 8.78 Å². The van der Waals surface area contributed by atoms with E-state index < -0.39 is 11.6 Å². The molecule has 17 heavy (non-hydrogen) atoms. The summed E-state index contributed by atoms with van der Waals surface area (Å²) in [5.41, 5.74) is 1.73. The lowest BCUT2D eigenvalue weighted by molar-refractivity contribution is 0.182. The smallest absolute Gasteiger partial charge is 0.159 e. The summed E-state index contributed by atoms with van der Waals surface area (Å²) < 4.78 is 31.3. The average Bonchev–Trinajstić information content (AvgIpc) is 2.34. The zero-order valence-corrected chi connectivity index (χ0v) is 9.62. The number of halogens is 2. The van der Waals surface area contributed by atoms with Gasteiger partial charge in [0.2, 0.25) is 0 Å². The maximum Gasteiger partial charge on any atom is 0.159 e. The van der Waals surface area contributed by atoms with Gasteiger partial charge in [0.1, 0.15) is 6.10 Å². The molecular weight excluding hydrogens is 222 g/mol. The van der Waals surface area contributed by atoms with Gasteiger partial charge in [-0.15, -0.1) is 0 Å². The van der Waals surface area contributed by atoms with Crippen molar-refractivity contribution in [1.82, 2.24) is 0 Å². The zero-order chi connectivity index (χ0) is 12.3. The zero-order valence-electron chi connectivity index (χ0n) is 9.62. The molecule has 0 N–H and O–H groups in total. The molecule has 1 aromatic rings. The monoisotopic (exact) mass is 236 g/mol. The Labute approximate surface area is 99.4 Å². The molecule has 0 aliphatic carbocycles. The van der Waals surface area contributed by atoms with Crippen LogP contribution in [-0.2, 0) is 4.74 Å². The Balaban J connectivity index is 2.11. The lowest BCUT2D eigenvalue weighted by atomic mass is 10.0. The molecule has 0 saturated carbocycles. The Bertz CT molecular complexity index is 463. The predicted octanol–water partition coefficient (Wildman–Crippen LogP) is 4.28. The molecule has 1 atom stereocenters. The van der Waals surface area contributed by atoms with Crippen LogP contribution >= 0.6 is 0 Å².